The molecule has 0 aliphatic carbocycles. The van der Waals surface area contributed by atoms with E-state index in [0.717, 1.165) is 17.5 Å². The van der Waals surface area contributed by atoms with Crippen LogP contribution in [0.15, 0.2) is 36.4 Å². The molecule has 0 bridgehead atoms. The largest absolute Gasteiger partial charge is 0.488 e. The van der Waals surface area contributed by atoms with Gasteiger partial charge in [0.1, 0.15) is 12.4 Å². The lowest BCUT2D eigenvalue weighted by Gasteiger charge is -2.11. The minimum absolute atomic E-state index is 0.128. The van der Waals surface area contributed by atoms with E-state index in [1.54, 1.807) is 12.1 Å². The van der Waals surface area contributed by atoms with Crippen LogP contribution in [0.3, 0.4) is 0 Å². The predicted octanol–water partition coefficient (Wildman–Crippen LogP) is 3.97. The highest BCUT2D eigenvalue weighted by Crippen LogP contribution is 2.18. The average molecular weight is 437 g/mol. The first-order chi connectivity index (χ1) is 15.0. The molecular formula is C24H34F2N2O3. The Morgan fingerprint density at radius 3 is 2.42 bits per heavy atom. The van der Waals surface area contributed by atoms with Crippen LogP contribution in [0.1, 0.15) is 37.0 Å². The summed E-state index contributed by atoms with van der Waals surface area (Å²) in [5, 5.41) is 3.22. The third-order valence-corrected chi connectivity index (χ3v) is 4.63. The molecular weight excluding hydrogens is 402 g/mol. The normalized spacial score (nSPS) is 11.3. The lowest BCUT2D eigenvalue weighted by atomic mass is 10.1. The molecule has 3 N–H and O–H groups in total. The van der Waals surface area contributed by atoms with Crippen molar-refractivity contribution < 1.29 is 23.0 Å². The Kier molecular flexibility index (Phi) is 11.5. The van der Waals surface area contributed by atoms with E-state index in [1.165, 1.54) is 12.1 Å². The van der Waals surface area contributed by atoms with Crippen LogP contribution in [0.25, 0.3) is 0 Å². The molecule has 5 nitrogen and oxygen atoms in total. The molecule has 0 saturated heterocycles. The molecule has 0 unspecified atom stereocenters. The summed E-state index contributed by atoms with van der Waals surface area (Å²) in [6, 6.07) is 10.1. The molecule has 0 aliphatic heterocycles. The highest BCUT2D eigenvalue weighted by atomic mass is 19.1. The number of aryl methyl sites for hydroxylation is 1. The van der Waals surface area contributed by atoms with Crippen molar-refractivity contribution >= 4 is 0 Å². The molecule has 0 aromatic heterocycles. The Bertz CT molecular complexity index is 787. The van der Waals surface area contributed by atoms with Gasteiger partial charge in [0.2, 0.25) is 0 Å². The van der Waals surface area contributed by atoms with Gasteiger partial charge in [0.25, 0.3) is 0 Å². The average Bonchev–Trinajstić information content (AvgIpc) is 2.75. The number of ether oxygens (including phenoxy) is 3. The summed E-state index contributed by atoms with van der Waals surface area (Å²) >= 11 is 0. The summed E-state index contributed by atoms with van der Waals surface area (Å²) in [5.74, 6) is -0.363. The Morgan fingerprint density at radius 2 is 1.71 bits per heavy atom. The van der Waals surface area contributed by atoms with Crippen molar-refractivity contribution in [3.63, 3.8) is 0 Å². The van der Waals surface area contributed by atoms with E-state index in [2.05, 4.69) is 5.32 Å². The highest BCUT2D eigenvalue weighted by molar-refractivity contribution is 5.29. The van der Waals surface area contributed by atoms with Gasteiger partial charge in [-0.3, -0.25) is 0 Å². The lowest BCUT2D eigenvalue weighted by molar-refractivity contribution is 0.0544. The van der Waals surface area contributed by atoms with Crippen LogP contribution in [-0.2, 0) is 29.0 Å². The molecule has 2 aromatic rings. The SMILES string of the molecule is CC(C)OCCOc1ccc(CNCCOCCCc2ccc(CN)cc2F)cc1F. The van der Waals surface area contributed by atoms with Gasteiger partial charge < -0.3 is 25.3 Å². The second-order valence-electron chi connectivity index (χ2n) is 7.56. The van der Waals surface area contributed by atoms with Crippen LogP contribution in [0.2, 0.25) is 0 Å². The summed E-state index contributed by atoms with van der Waals surface area (Å²) in [4.78, 5) is 0. The first-order valence-corrected chi connectivity index (χ1v) is 10.8. The van der Waals surface area contributed by atoms with Gasteiger partial charge in [-0.05, 0) is 61.6 Å². The molecule has 0 heterocycles. The quantitative estimate of drug-likeness (QED) is 0.414. The molecule has 0 amide bonds. The van der Waals surface area contributed by atoms with Crippen molar-refractivity contribution in [1.29, 1.82) is 0 Å². The van der Waals surface area contributed by atoms with Crippen molar-refractivity contribution in [2.75, 3.05) is 33.0 Å². The molecule has 0 saturated carbocycles. The first kappa shape index (κ1) is 25.2. The summed E-state index contributed by atoms with van der Waals surface area (Å²) in [5.41, 5.74) is 7.82. The molecule has 0 spiro atoms. The van der Waals surface area contributed by atoms with E-state index in [0.29, 0.717) is 58.0 Å². The Labute approximate surface area is 183 Å². The van der Waals surface area contributed by atoms with Crippen LogP contribution in [0.5, 0.6) is 5.75 Å². The van der Waals surface area contributed by atoms with Gasteiger partial charge in [-0.25, -0.2) is 8.78 Å². The van der Waals surface area contributed by atoms with E-state index in [1.807, 2.05) is 26.0 Å². The topological polar surface area (TPSA) is 65.7 Å². The summed E-state index contributed by atoms with van der Waals surface area (Å²) in [7, 11) is 0. The van der Waals surface area contributed by atoms with E-state index >= 15 is 0 Å². The minimum atomic E-state index is -0.383. The van der Waals surface area contributed by atoms with Crippen LogP contribution < -0.4 is 15.8 Å². The van der Waals surface area contributed by atoms with Crippen molar-refractivity contribution in [1.82, 2.24) is 5.32 Å². The second-order valence-corrected chi connectivity index (χ2v) is 7.56. The molecule has 172 valence electrons. The summed E-state index contributed by atoms with van der Waals surface area (Å²) in [6.07, 6.45) is 1.50. The number of hydrogen-bond acceptors (Lipinski definition) is 5. The van der Waals surface area contributed by atoms with Crippen LogP contribution in [-0.4, -0.2) is 39.1 Å². The van der Waals surface area contributed by atoms with Gasteiger partial charge in [-0.2, -0.15) is 0 Å². The number of nitrogens with one attached hydrogen (secondary N) is 1. The molecule has 0 fully saturated rings. The number of hydrogen-bond donors (Lipinski definition) is 2. The molecule has 7 heteroatoms. The van der Waals surface area contributed by atoms with E-state index < -0.39 is 0 Å². The van der Waals surface area contributed by atoms with Crippen molar-refractivity contribution in [3.05, 3.63) is 64.7 Å². The van der Waals surface area contributed by atoms with Crippen molar-refractivity contribution in [2.45, 2.75) is 45.9 Å². The minimum Gasteiger partial charge on any atom is -0.488 e. The zero-order valence-electron chi connectivity index (χ0n) is 18.5. The van der Waals surface area contributed by atoms with Gasteiger partial charge in [0, 0.05) is 26.2 Å². The number of rotatable bonds is 15. The monoisotopic (exact) mass is 436 g/mol. The first-order valence-electron chi connectivity index (χ1n) is 10.8. The van der Waals surface area contributed by atoms with Crippen molar-refractivity contribution in [2.24, 2.45) is 5.73 Å². The number of nitrogens with two attached hydrogens (primary N) is 1. The maximum Gasteiger partial charge on any atom is 0.165 e. The third kappa shape index (κ3) is 9.74. The van der Waals surface area contributed by atoms with Gasteiger partial charge in [-0.15, -0.1) is 0 Å². The fourth-order valence-electron chi connectivity index (χ4n) is 2.97. The van der Waals surface area contributed by atoms with Gasteiger partial charge in [0.05, 0.1) is 19.3 Å². The molecule has 2 aromatic carbocycles. The standard InChI is InChI=1S/C24H34F2N2O3/c1-18(2)30-12-13-31-24-8-6-20(15-23(24)26)17-28-9-11-29-10-3-4-21-7-5-19(16-27)14-22(21)25/h5-8,14-15,18,28H,3-4,9-13,16-17,27H2,1-2H3. The van der Waals surface area contributed by atoms with Crippen LogP contribution in [0, 0.1) is 11.6 Å². The molecule has 31 heavy (non-hydrogen) atoms. The number of halogens is 2. The Balaban J connectivity index is 1.55. The van der Waals surface area contributed by atoms with Crippen molar-refractivity contribution in [3.8, 4) is 5.75 Å². The Hall–Kier alpha value is -2.06. The van der Waals surface area contributed by atoms with E-state index in [4.69, 9.17) is 19.9 Å². The van der Waals surface area contributed by atoms with Crippen LogP contribution >= 0.6 is 0 Å². The molecule has 0 radical (unpaired) electrons. The molecule has 0 atom stereocenters. The van der Waals surface area contributed by atoms with Crippen LogP contribution in [0.4, 0.5) is 8.78 Å². The lowest BCUT2D eigenvalue weighted by Crippen LogP contribution is -2.19. The maximum atomic E-state index is 14.1. The fourth-order valence-corrected chi connectivity index (χ4v) is 2.97. The predicted molar refractivity (Wildman–Crippen MR) is 118 cm³/mol. The zero-order chi connectivity index (χ0) is 22.5. The van der Waals surface area contributed by atoms with Gasteiger partial charge in [-0.1, -0.05) is 18.2 Å². The smallest absolute Gasteiger partial charge is 0.165 e. The number of benzene rings is 2. The molecule has 0 aliphatic rings. The highest BCUT2D eigenvalue weighted by Gasteiger charge is 2.06. The van der Waals surface area contributed by atoms with E-state index in [9.17, 15) is 8.78 Å². The summed E-state index contributed by atoms with van der Waals surface area (Å²) in [6.45, 7) is 7.24. The third-order valence-electron chi connectivity index (χ3n) is 4.63. The molecule has 2 rings (SSSR count). The zero-order valence-corrected chi connectivity index (χ0v) is 18.5. The fraction of sp³-hybridized carbons (Fsp3) is 0.500. The summed E-state index contributed by atoms with van der Waals surface area (Å²) < 4.78 is 44.4. The maximum absolute atomic E-state index is 14.1. The second kappa shape index (κ2) is 14.1. The Morgan fingerprint density at radius 1 is 0.935 bits per heavy atom. The van der Waals surface area contributed by atoms with E-state index in [-0.39, 0.29) is 23.5 Å². The van der Waals surface area contributed by atoms with Gasteiger partial charge in [0.15, 0.2) is 11.6 Å². The van der Waals surface area contributed by atoms with Gasteiger partial charge >= 0.3 is 0 Å².